The van der Waals surface area contributed by atoms with Gasteiger partial charge in [-0.1, -0.05) is 12.1 Å². The van der Waals surface area contributed by atoms with E-state index in [0.29, 0.717) is 0 Å². The van der Waals surface area contributed by atoms with Gasteiger partial charge in [0, 0.05) is 38.3 Å². The van der Waals surface area contributed by atoms with Crippen molar-refractivity contribution in [3.05, 3.63) is 39.9 Å². The summed E-state index contributed by atoms with van der Waals surface area (Å²) in [6.45, 7) is 5.66. The standard InChI is InChI=1S/C14H21N3O2/c18-17(19)14-6-4-13(5-7-14)3-1-2-10-16-11-8-15-9-12-16/h4-7,15H,1-3,8-12H2. The first kappa shape index (κ1) is 14.0. The summed E-state index contributed by atoms with van der Waals surface area (Å²) >= 11 is 0. The molecule has 1 saturated heterocycles. The number of nitro benzene ring substituents is 1. The highest BCUT2D eigenvalue weighted by atomic mass is 16.6. The second-order valence-electron chi connectivity index (χ2n) is 4.97. The average Bonchev–Trinajstić information content (AvgIpc) is 2.45. The lowest BCUT2D eigenvalue weighted by atomic mass is 10.1. The van der Waals surface area contributed by atoms with Crippen molar-refractivity contribution in [1.29, 1.82) is 0 Å². The highest BCUT2D eigenvalue weighted by molar-refractivity contribution is 5.32. The molecule has 0 saturated carbocycles. The van der Waals surface area contributed by atoms with Crippen molar-refractivity contribution >= 4 is 5.69 Å². The molecular weight excluding hydrogens is 242 g/mol. The molecule has 0 amide bonds. The normalized spacial score (nSPS) is 16.4. The minimum Gasteiger partial charge on any atom is -0.314 e. The van der Waals surface area contributed by atoms with Crippen LogP contribution < -0.4 is 5.32 Å². The van der Waals surface area contributed by atoms with Crippen molar-refractivity contribution in [3.63, 3.8) is 0 Å². The van der Waals surface area contributed by atoms with Crippen LogP contribution in [0.5, 0.6) is 0 Å². The van der Waals surface area contributed by atoms with Gasteiger partial charge in [-0.05, 0) is 31.4 Å². The lowest BCUT2D eigenvalue weighted by Gasteiger charge is -2.27. The quantitative estimate of drug-likeness (QED) is 0.483. The molecule has 2 rings (SSSR count). The van der Waals surface area contributed by atoms with Gasteiger partial charge in [0.2, 0.25) is 0 Å². The van der Waals surface area contributed by atoms with Crippen LogP contribution in [-0.4, -0.2) is 42.5 Å². The molecular formula is C14H21N3O2. The third-order valence-corrected chi connectivity index (χ3v) is 3.55. The summed E-state index contributed by atoms with van der Waals surface area (Å²) in [5.41, 5.74) is 1.36. The summed E-state index contributed by atoms with van der Waals surface area (Å²) in [6, 6.07) is 6.91. The Balaban J connectivity index is 1.66. The maximum absolute atomic E-state index is 10.5. The molecule has 1 aliphatic heterocycles. The number of unbranched alkanes of at least 4 members (excludes halogenated alkanes) is 1. The summed E-state index contributed by atoms with van der Waals surface area (Å²) in [7, 11) is 0. The molecule has 0 atom stereocenters. The SMILES string of the molecule is O=[N+]([O-])c1ccc(CCCCN2CCNCC2)cc1. The maximum atomic E-state index is 10.5. The van der Waals surface area contributed by atoms with Crippen LogP contribution in [0.2, 0.25) is 0 Å². The number of hydrogen-bond acceptors (Lipinski definition) is 4. The minimum absolute atomic E-state index is 0.171. The molecule has 19 heavy (non-hydrogen) atoms. The first-order valence-electron chi connectivity index (χ1n) is 6.92. The lowest BCUT2D eigenvalue weighted by Crippen LogP contribution is -2.43. The van der Waals surface area contributed by atoms with E-state index in [0.717, 1.165) is 45.6 Å². The van der Waals surface area contributed by atoms with Crippen molar-refractivity contribution < 1.29 is 4.92 Å². The maximum Gasteiger partial charge on any atom is 0.269 e. The Kier molecular flexibility index (Phi) is 5.30. The monoisotopic (exact) mass is 263 g/mol. The second-order valence-corrected chi connectivity index (χ2v) is 4.97. The second kappa shape index (κ2) is 7.21. The van der Waals surface area contributed by atoms with Gasteiger partial charge in [-0.3, -0.25) is 10.1 Å². The first-order valence-corrected chi connectivity index (χ1v) is 6.92. The number of nitro groups is 1. The third kappa shape index (κ3) is 4.61. The predicted molar refractivity (Wildman–Crippen MR) is 75.3 cm³/mol. The number of non-ortho nitro benzene ring substituents is 1. The van der Waals surface area contributed by atoms with Gasteiger partial charge < -0.3 is 10.2 Å². The zero-order chi connectivity index (χ0) is 13.5. The van der Waals surface area contributed by atoms with E-state index in [-0.39, 0.29) is 10.6 Å². The molecule has 0 aliphatic carbocycles. The number of aryl methyl sites for hydroxylation is 1. The van der Waals surface area contributed by atoms with Crippen LogP contribution in [-0.2, 0) is 6.42 Å². The van der Waals surface area contributed by atoms with E-state index in [1.807, 2.05) is 12.1 Å². The fourth-order valence-electron chi connectivity index (χ4n) is 2.38. The molecule has 1 aromatic carbocycles. The topological polar surface area (TPSA) is 58.4 Å². The van der Waals surface area contributed by atoms with Gasteiger partial charge >= 0.3 is 0 Å². The summed E-state index contributed by atoms with van der Waals surface area (Å²) in [6.07, 6.45) is 3.34. The molecule has 0 aromatic heterocycles. The predicted octanol–water partition coefficient (Wildman–Crippen LogP) is 1.82. The number of hydrogen-bond donors (Lipinski definition) is 1. The number of piperazine rings is 1. The zero-order valence-electron chi connectivity index (χ0n) is 11.2. The fourth-order valence-corrected chi connectivity index (χ4v) is 2.38. The highest BCUT2D eigenvalue weighted by Gasteiger charge is 2.08. The van der Waals surface area contributed by atoms with E-state index in [1.165, 1.54) is 12.0 Å². The Morgan fingerprint density at radius 3 is 2.47 bits per heavy atom. The van der Waals surface area contributed by atoms with Crippen LogP contribution in [0.25, 0.3) is 0 Å². The van der Waals surface area contributed by atoms with E-state index in [1.54, 1.807) is 12.1 Å². The van der Waals surface area contributed by atoms with E-state index in [4.69, 9.17) is 0 Å². The van der Waals surface area contributed by atoms with Gasteiger partial charge in [0.25, 0.3) is 5.69 Å². The van der Waals surface area contributed by atoms with Crippen molar-refractivity contribution in [2.75, 3.05) is 32.7 Å². The summed E-state index contributed by atoms with van der Waals surface area (Å²) in [5, 5.41) is 13.9. The van der Waals surface area contributed by atoms with Crippen molar-refractivity contribution in [2.45, 2.75) is 19.3 Å². The fraction of sp³-hybridized carbons (Fsp3) is 0.571. The molecule has 5 heteroatoms. The molecule has 0 radical (unpaired) electrons. The van der Waals surface area contributed by atoms with Crippen molar-refractivity contribution in [3.8, 4) is 0 Å². The van der Waals surface area contributed by atoms with Crippen LogP contribution >= 0.6 is 0 Å². The number of benzene rings is 1. The Morgan fingerprint density at radius 1 is 1.16 bits per heavy atom. The largest absolute Gasteiger partial charge is 0.314 e. The zero-order valence-corrected chi connectivity index (χ0v) is 11.2. The molecule has 0 spiro atoms. The van der Waals surface area contributed by atoms with E-state index < -0.39 is 0 Å². The summed E-state index contributed by atoms with van der Waals surface area (Å²) < 4.78 is 0. The highest BCUT2D eigenvalue weighted by Crippen LogP contribution is 2.13. The van der Waals surface area contributed by atoms with Gasteiger partial charge in [0.05, 0.1) is 4.92 Å². The van der Waals surface area contributed by atoms with Crippen LogP contribution in [0.15, 0.2) is 24.3 Å². The van der Waals surface area contributed by atoms with Crippen molar-refractivity contribution in [2.24, 2.45) is 0 Å². The molecule has 1 N–H and O–H groups in total. The first-order chi connectivity index (χ1) is 9.25. The smallest absolute Gasteiger partial charge is 0.269 e. The summed E-state index contributed by atoms with van der Waals surface area (Å²) in [4.78, 5) is 12.7. The number of rotatable bonds is 6. The Morgan fingerprint density at radius 2 is 1.84 bits per heavy atom. The van der Waals surface area contributed by atoms with Crippen LogP contribution in [0.4, 0.5) is 5.69 Å². The van der Waals surface area contributed by atoms with E-state index in [9.17, 15) is 10.1 Å². The Labute approximate surface area is 113 Å². The molecule has 1 heterocycles. The third-order valence-electron chi connectivity index (χ3n) is 3.55. The number of nitrogens with one attached hydrogen (secondary N) is 1. The molecule has 0 unspecified atom stereocenters. The van der Waals surface area contributed by atoms with E-state index in [2.05, 4.69) is 10.2 Å². The van der Waals surface area contributed by atoms with Crippen LogP contribution in [0.3, 0.4) is 0 Å². The Bertz CT molecular complexity index is 400. The molecule has 1 aromatic rings. The molecule has 1 fully saturated rings. The average molecular weight is 263 g/mol. The molecule has 104 valence electrons. The van der Waals surface area contributed by atoms with Gasteiger partial charge in [0.15, 0.2) is 0 Å². The molecule has 1 aliphatic rings. The molecule has 5 nitrogen and oxygen atoms in total. The van der Waals surface area contributed by atoms with Crippen LogP contribution in [0, 0.1) is 10.1 Å². The summed E-state index contributed by atoms with van der Waals surface area (Å²) in [5.74, 6) is 0. The molecule has 0 bridgehead atoms. The van der Waals surface area contributed by atoms with E-state index >= 15 is 0 Å². The Hall–Kier alpha value is -1.46. The minimum atomic E-state index is -0.353. The lowest BCUT2D eigenvalue weighted by molar-refractivity contribution is -0.384. The van der Waals surface area contributed by atoms with Gasteiger partial charge in [-0.25, -0.2) is 0 Å². The van der Waals surface area contributed by atoms with Gasteiger partial charge in [0.1, 0.15) is 0 Å². The van der Waals surface area contributed by atoms with Crippen LogP contribution in [0.1, 0.15) is 18.4 Å². The van der Waals surface area contributed by atoms with Crippen molar-refractivity contribution in [1.82, 2.24) is 10.2 Å². The van der Waals surface area contributed by atoms with Gasteiger partial charge in [-0.15, -0.1) is 0 Å². The number of nitrogens with zero attached hydrogens (tertiary/aromatic N) is 2. The van der Waals surface area contributed by atoms with Gasteiger partial charge in [-0.2, -0.15) is 0 Å².